The fourth-order valence-electron chi connectivity index (χ4n) is 3.89. The van der Waals surface area contributed by atoms with E-state index in [2.05, 4.69) is 28.2 Å². The third-order valence-electron chi connectivity index (χ3n) is 5.49. The van der Waals surface area contributed by atoms with E-state index in [0.29, 0.717) is 6.54 Å². The van der Waals surface area contributed by atoms with Crippen LogP contribution in [0.3, 0.4) is 0 Å². The smallest absolute Gasteiger partial charge is 0.269 e. The highest BCUT2D eigenvalue weighted by atomic mass is 16.6. The first kappa shape index (κ1) is 20.1. The number of carbonyl (C=O) groups is 1. The summed E-state index contributed by atoms with van der Waals surface area (Å²) in [6, 6.07) is 8.68. The number of Topliss-reactive ketones (excluding diaryl/α,β-unsaturated/α-hetero) is 1. The van der Waals surface area contributed by atoms with Crippen molar-refractivity contribution in [3.63, 3.8) is 0 Å². The lowest BCUT2D eigenvalue weighted by Gasteiger charge is -2.35. The monoisotopic (exact) mass is 384 g/mol. The van der Waals surface area contributed by atoms with Crippen LogP contribution < -0.4 is 4.90 Å². The van der Waals surface area contributed by atoms with Crippen LogP contribution in [0.5, 0.6) is 0 Å². The number of hydrogen-bond donors (Lipinski definition) is 0. The van der Waals surface area contributed by atoms with Gasteiger partial charge in [0.15, 0.2) is 5.78 Å². The van der Waals surface area contributed by atoms with Gasteiger partial charge in [0.1, 0.15) is 0 Å². The van der Waals surface area contributed by atoms with Crippen LogP contribution in [-0.2, 0) is 6.54 Å². The molecule has 150 valence electrons. The number of anilines is 1. The summed E-state index contributed by atoms with van der Waals surface area (Å²) in [5.74, 6) is 0.180. The molecule has 0 atom stereocenters. The second kappa shape index (κ2) is 8.56. The molecule has 1 fully saturated rings. The molecule has 0 aliphatic carbocycles. The highest BCUT2D eigenvalue weighted by molar-refractivity contribution is 5.99. The number of aromatic nitrogens is 1. The zero-order valence-corrected chi connectivity index (χ0v) is 16.9. The van der Waals surface area contributed by atoms with Gasteiger partial charge < -0.3 is 9.47 Å². The number of piperazine rings is 1. The number of ketones is 1. The molecule has 1 aliphatic rings. The molecular weight excluding hydrogens is 356 g/mol. The Labute approximate surface area is 165 Å². The molecular formula is C21H28N4O3. The third-order valence-corrected chi connectivity index (χ3v) is 5.49. The van der Waals surface area contributed by atoms with Gasteiger partial charge in [-0.05, 0) is 38.5 Å². The molecule has 0 N–H and O–H groups in total. The fourth-order valence-corrected chi connectivity index (χ4v) is 3.89. The summed E-state index contributed by atoms with van der Waals surface area (Å²) < 4.78 is 2.22. The minimum atomic E-state index is -0.384. The molecule has 0 bridgehead atoms. The van der Waals surface area contributed by atoms with Crippen molar-refractivity contribution in [2.24, 2.45) is 0 Å². The zero-order chi connectivity index (χ0) is 20.3. The van der Waals surface area contributed by atoms with Gasteiger partial charge in [0.25, 0.3) is 5.69 Å². The molecule has 7 heteroatoms. The predicted octanol–water partition coefficient (Wildman–Crippen LogP) is 3.43. The quantitative estimate of drug-likeness (QED) is 0.415. The van der Waals surface area contributed by atoms with Gasteiger partial charge in [0.05, 0.1) is 11.5 Å². The number of nitro groups is 1. The van der Waals surface area contributed by atoms with Crippen molar-refractivity contribution in [2.75, 3.05) is 37.6 Å². The number of aryl methyl sites for hydroxylation is 1. The zero-order valence-electron chi connectivity index (χ0n) is 16.9. The van der Waals surface area contributed by atoms with Crippen LogP contribution >= 0.6 is 0 Å². The van der Waals surface area contributed by atoms with Gasteiger partial charge in [-0.3, -0.25) is 19.8 Å². The lowest BCUT2D eigenvalue weighted by molar-refractivity contribution is -0.384. The standard InChI is InChI=1S/C21H28N4O3/c1-4-9-24-16(2)14-20(17(24)3)21(26)15-22-10-12-23(13-11-22)18-5-7-19(8-6-18)25(27)28/h5-8,14H,4,9-13,15H2,1-3H3. The lowest BCUT2D eigenvalue weighted by Crippen LogP contribution is -2.48. The van der Waals surface area contributed by atoms with E-state index in [0.717, 1.165) is 61.8 Å². The Balaban J connectivity index is 1.57. The van der Waals surface area contributed by atoms with Crippen molar-refractivity contribution in [1.29, 1.82) is 0 Å². The molecule has 1 aromatic heterocycles. The molecule has 0 amide bonds. The summed E-state index contributed by atoms with van der Waals surface area (Å²) in [5, 5.41) is 10.8. The summed E-state index contributed by atoms with van der Waals surface area (Å²) >= 11 is 0. The average molecular weight is 384 g/mol. The number of nitrogens with zero attached hydrogens (tertiary/aromatic N) is 4. The minimum Gasteiger partial charge on any atom is -0.369 e. The van der Waals surface area contributed by atoms with E-state index < -0.39 is 0 Å². The molecule has 0 unspecified atom stereocenters. The van der Waals surface area contributed by atoms with Gasteiger partial charge in [-0.15, -0.1) is 0 Å². The van der Waals surface area contributed by atoms with Crippen LogP contribution in [0.2, 0.25) is 0 Å². The van der Waals surface area contributed by atoms with Crippen molar-refractivity contribution in [3.05, 3.63) is 57.4 Å². The molecule has 2 heterocycles. The number of nitro benzene ring substituents is 1. The SMILES string of the molecule is CCCn1c(C)cc(C(=O)CN2CCN(c3ccc([N+](=O)[O-])cc3)CC2)c1C. The average Bonchev–Trinajstić information content (AvgIpc) is 2.97. The molecule has 1 saturated heterocycles. The Kier molecular flexibility index (Phi) is 6.14. The Morgan fingerprint density at radius 3 is 2.32 bits per heavy atom. The van der Waals surface area contributed by atoms with E-state index in [9.17, 15) is 14.9 Å². The Hall–Kier alpha value is -2.67. The van der Waals surface area contributed by atoms with Crippen molar-refractivity contribution in [1.82, 2.24) is 9.47 Å². The summed E-state index contributed by atoms with van der Waals surface area (Å²) in [4.78, 5) is 27.6. The molecule has 0 saturated carbocycles. The molecule has 2 aromatic rings. The first-order valence-electron chi connectivity index (χ1n) is 9.82. The van der Waals surface area contributed by atoms with E-state index in [-0.39, 0.29) is 16.4 Å². The maximum absolute atomic E-state index is 12.8. The van der Waals surface area contributed by atoms with E-state index >= 15 is 0 Å². The second-order valence-corrected chi connectivity index (χ2v) is 7.40. The van der Waals surface area contributed by atoms with Crippen LogP contribution in [0.4, 0.5) is 11.4 Å². The molecule has 0 radical (unpaired) electrons. The first-order chi connectivity index (χ1) is 13.4. The fraction of sp³-hybridized carbons (Fsp3) is 0.476. The van der Waals surface area contributed by atoms with Crippen LogP contribution in [0.25, 0.3) is 0 Å². The number of non-ortho nitro benzene ring substituents is 1. The summed E-state index contributed by atoms with van der Waals surface area (Å²) in [7, 11) is 0. The van der Waals surface area contributed by atoms with Crippen LogP contribution in [0.15, 0.2) is 30.3 Å². The van der Waals surface area contributed by atoms with E-state index in [4.69, 9.17) is 0 Å². The number of hydrogen-bond acceptors (Lipinski definition) is 5. The number of carbonyl (C=O) groups excluding carboxylic acids is 1. The maximum atomic E-state index is 12.8. The Morgan fingerprint density at radius 2 is 1.75 bits per heavy atom. The van der Waals surface area contributed by atoms with Crippen LogP contribution in [0.1, 0.15) is 35.1 Å². The normalized spacial score (nSPS) is 15.0. The topological polar surface area (TPSA) is 71.6 Å². The van der Waals surface area contributed by atoms with E-state index in [1.165, 1.54) is 12.1 Å². The highest BCUT2D eigenvalue weighted by Crippen LogP contribution is 2.21. The van der Waals surface area contributed by atoms with Gasteiger partial charge in [0, 0.05) is 67.5 Å². The van der Waals surface area contributed by atoms with E-state index in [1.54, 1.807) is 12.1 Å². The van der Waals surface area contributed by atoms with E-state index in [1.807, 2.05) is 13.0 Å². The molecule has 1 aliphatic heterocycles. The Morgan fingerprint density at radius 1 is 1.11 bits per heavy atom. The first-order valence-corrected chi connectivity index (χ1v) is 9.82. The molecule has 28 heavy (non-hydrogen) atoms. The van der Waals surface area contributed by atoms with Gasteiger partial charge >= 0.3 is 0 Å². The molecule has 7 nitrogen and oxygen atoms in total. The largest absolute Gasteiger partial charge is 0.369 e. The van der Waals surface area contributed by atoms with Gasteiger partial charge in [-0.2, -0.15) is 0 Å². The lowest BCUT2D eigenvalue weighted by atomic mass is 10.1. The van der Waals surface area contributed by atoms with Crippen molar-refractivity contribution < 1.29 is 9.72 Å². The van der Waals surface area contributed by atoms with Gasteiger partial charge in [-0.1, -0.05) is 6.92 Å². The van der Waals surface area contributed by atoms with Crippen molar-refractivity contribution >= 4 is 17.2 Å². The van der Waals surface area contributed by atoms with Crippen LogP contribution in [0, 0.1) is 24.0 Å². The highest BCUT2D eigenvalue weighted by Gasteiger charge is 2.22. The molecule has 3 rings (SSSR count). The Bertz CT molecular complexity index is 849. The summed E-state index contributed by atoms with van der Waals surface area (Å²) in [6.07, 6.45) is 1.05. The van der Waals surface area contributed by atoms with Gasteiger partial charge in [-0.25, -0.2) is 0 Å². The predicted molar refractivity (Wildman–Crippen MR) is 110 cm³/mol. The molecule has 0 spiro atoms. The summed E-state index contributed by atoms with van der Waals surface area (Å²) in [5.41, 5.74) is 4.14. The molecule has 1 aromatic carbocycles. The number of rotatable bonds is 7. The van der Waals surface area contributed by atoms with Crippen molar-refractivity contribution in [3.8, 4) is 0 Å². The van der Waals surface area contributed by atoms with Gasteiger partial charge in [0.2, 0.25) is 0 Å². The summed E-state index contributed by atoms with van der Waals surface area (Å²) in [6.45, 7) is 10.8. The minimum absolute atomic E-state index is 0.105. The van der Waals surface area contributed by atoms with Crippen molar-refractivity contribution in [2.45, 2.75) is 33.7 Å². The maximum Gasteiger partial charge on any atom is 0.269 e. The second-order valence-electron chi connectivity index (χ2n) is 7.40. The van der Waals surface area contributed by atoms with Crippen LogP contribution in [-0.4, -0.2) is 52.9 Å². The third kappa shape index (κ3) is 4.25. The number of benzene rings is 1.